The third kappa shape index (κ3) is 4.11. The van der Waals surface area contributed by atoms with Crippen molar-refractivity contribution in [3.05, 3.63) is 0 Å². The van der Waals surface area contributed by atoms with Gasteiger partial charge in [0.15, 0.2) is 0 Å². The summed E-state index contributed by atoms with van der Waals surface area (Å²) in [7, 11) is 1.23. The zero-order valence-corrected chi connectivity index (χ0v) is 6.09. The Morgan fingerprint density at radius 2 is 2.40 bits per heavy atom. The number of nitrogens with two attached hydrogens (primary N) is 1. The zero-order valence-electron chi connectivity index (χ0n) is 6.09. The van der Waals surface area contributed by atoms with Gasteiger partial charge in [-0.15, -0.1) is 5.48 Å². The van der Waals surface area contributed by atoms with Crippen LogP contribution < -0.4 is 11.2 Å². The van der Waals surface area contributed by atoms with Gasteiger partial charge in [0.25, 0.3) is 0 Å². The molecule has 0 aromatic carbocycles. The molecule has 3 N–H and O–H groups in total. The van der Waals surface area contributed by atoms with Crippen LogP contribution in [-0.2, 0) is 9.57 Å². The fourth-order valence-corrected chi connectivity index (χ4v) is 0.238. The normalized spacial score (nSPS) is 12.3. The molecular weight excluding hydrogens is 136 g/mol. The Hall–Kier alpha value is -0.810. The van der Waals surface area contributed by atoms with E-state index in [0.717, 1.165) is 0 Å². The predicted octanol–water partition coefficient (Wildman–Crippen LogP) is -0.379. The fourth-order valence-electron chi connectivity index (χ4n) is 0.238. The molecule has 0 spiro atoms. The van der Waals surface area contributed by atoms with Gasteiger partial charge in [0.1, 0.15) is 0 Å². The summed E-state index contributed by atoms with van der Waals surface area (Å²) < 4.78 is 4.18. The van der Waals surface area contributed by atoms with Crippen molar-refractivity contribution in [2.24, 2.45) is 5.73 Å². The molecule has 5 heteroatoms. The molecule has 0 amide bonds. The maximum absolute atomic E-state index is 10.3. The topological polar surface area (TPSA) is 73.6 Å². The lowest BCUT2D eigenvalue weighted by atomic mass is 10.4. The van der Waals surface area contributed by atoms with Gasteiger partial charge in [-0.2, -0.15) is 0 Å². The minimum Gasteiger partial charge on any atom is -0.436 e. The maximum atomic E-state index is 10.3. The van der Waals surface area contributed by atoms with Crippen LogP contribution >= 0.6 is 0 Å². The van der Waals surface area contributed by atoms with Crippen LogP contribution in [0.15, 0.2) is 0 Å². The molecule has 0 fully saturated rings. The first kappa shape index (κ1) is 9.19. The summed E-state index contributed by atoms with van der Waals surface area (Å²) >= 11 is 0. The largest absolute Gasteiger partial charge is 0.527 e. The summed E-state index contributed by atoms with van der Waals surface area (Å²) in [5.74, 6) is 0. The minimum absolute atomic E-state index is 0.0564. The number of rotatable bonds is 3. The van der Waals surface area contributed by atoms with Crippen LogP contribution in [0.2, 0.25) is 0 Å². The van der Waals surface area contributed by atoms with Gasteiger partial charge in [-0.1, -0.05) is 0 Å². The highest BCUT2D eigenvalue weighted by Crippen LogP contribution is 1.80. The van der Waals surface area contributed by atoms with Crippen LogP contribution in [-0.4, -0.2) is 25.9 Å². The standard InChI is InChI=1S/C5H12N2O3/c1-4(3-6)7-10-5(8)9-2/h4,7H,3,6H2,1-2H3. The molecule has 5 nitrogen and oxygen atoms in total. The van der Waals surface area contributed by atoms with Crippen LogP contribution in [0.5, 0.6) is 0 Å². The second kappa shape index (κ2) is 5.01. The summed E-state index contributed by atoms with van der Waals surface area (Å²) in [5.41, 5.74) is 7.59. The summed E-state index contributed by atoms with van der Waals surface area (Å²) in [6.07, 6.45) is -0.764. The first-order valence-electron chi connectivity index (χ1n) is 2.91. The average molecular weight is 148 g/mol. The molecule has 60 valence electrons. The molecule has 0 aliphatic rings. The van der Waals surface area contributed by atoms with Gasteiger partial charge in [-0.05, 0) is 6.92 Å². The third-order valence-corrected chi connectivity index (χ3v) is 0.864. The van der Waals surface area contributed by atoms with E-state index in [1.54, 1.807) is 6.92 Å². The second-order valence-electron chi connectivity index (χ2n) is 1.81. The monoisotopic (exact) mass is 148 g/mol. The zero-order chi connectivity index (χ0) is 7.98. The van der Waals surface area contributed by atoms with Gasteiger partial charge < -0.3 is 15.3 Å². The Morgan fingerprint density at radius 3 is 2.80 bits per heavy atom. The Balaban J connectivity index is 3.26. The van der Waals surface area contributed by atoms with Gasteiger partial charge in [-0.25, -0.2) is 4.79 Å². The van der Waals surface area contributed by atoms with Crippen LogP contribution in [0.4, 0.5) is 4.79 Å². The Bertz CT molecular complexity index is 107. The van der Waals surface area contributed by atoms with Gasteiger partial charge in [0, 0.05) is 6.54 Å². The van der Waals surface area contributed by atoms with E-state index in [9.17, 15) is 4.79 Å². The van der Waals surface area contributed by atoms with Crippen LogP contribution in [0, 0.1) is 0 Å². The van der Waals surface area contributed by atoms with Crippen molar-refractivity contribution in [3.63, 3.8) is 0 Å². The highest BCUT2D eigenvalue weighted by Gasteiger charge is 2.02. The molecule has 0 heterocycles. The summed E-state index contributed by atoms with van der Waals surface area (Å²) in [5, 5.41) is 0. The molecule has 0 aliphatic heterocycles. The molecule has 0 radical (unpaired) electrons. The van der Waals surface area contributed by atoms with Crippen molar-refractivity contribution in [1.82, 2.24) is 5.48 Å². The lowest BCUT2D eigenvalue weighted by Gasteiger charge is -2.08. The van der Waals surface area contributed by atoms with Gasteiger partial charge in [0.05, 0.1) is 13.2 Å². The van der Waals surface area contributed by atoms with Crippen LogP contribution in [0.25, 0.3) is 0 Å². The molecule has 0 aromatic heterocycles. The van der Waals surface area contributed by atoms with Crippen LogP contribution in [0.3, 0.4) is 0 Å². The number of methoxy groups -OCH3 is 1. The van der Waals surface area contributed by atoms with Crippen molar-refractivity contribution in [3.8, 4) is 0 Å². The number of hydroxylamine groups is 1. The van der Waals surface area contributed by atoms with Crippen molar-refractivity contribution < 1.29 is 14.4 Å². The molecule has 0 bridgehead atoms. The lowest BCUT2D eigenvalue weighted by molar-refractivity contribution is 0.0187. The number of hydrogen-bond donors (Lipinski definition) is 2. The number of nitrogens with one attached hydrogen (secondary N) is 1. The molecule has 0 saturated heterocycles. The van der Waals surface area contributed by atoms with E-state index in [4.69, 9.17) is 5.73 Å². The molecule has 1 atom stereocenters. The first-order chi connectivity index (χ1) is 4.70. The molecule has 0 aromatic rings. The fraction of sp³-hybridized carbons (Fsp3) is 0.800. The number of hydrogen-bond acceptors (Lipinski definition) is 5. The van der Waals surface area contributed by atoms with E-state index in [0.29, 0.717) is 6.54 Å². The summed E-state index contributed by atoms with van der Waals surface area (Å²) in [4.78, 5) is 14.6. The number of carbonyl (C=O) groups excluding carboxylic acids is 1. The van der Waals surface area contributed by atoms with Gasteiger partial charge >= 0.3 is 6.16 Å². The maximum Gasteiger partial charge on any atom is 0.527 e. The highest BCUT2D eigenvalue weighted by molar-refractivity contribution is 5.59. The van der Waals surface area contributed by atoms with E-state index >= 15 is 0 Å². The molecular formula is C5H12N2O3. The Kier molecular flexibility index (Phi) is 4.61. The van der Waals surface area contributed by atoms with E-state index in [1.807, 2.05) is 0 Å². The average Bonchev–Trinajstić information content (AvgIpc) is 1.99. The molecule has 10 heavy (non-hydrogen) atoms. The van der Waals surface area contributed by atoms with Gasteiger partial charge in [-0.3, -0.25) is 0 Å². The van der Waals surface area contributed by atoms with Crippen molar-refractivity contribution >= 4 is 6.16 Å². The molecule has 0 rings (SSSR count). The van der Waals surface area contributed by atoms with Gasteiger partial charge in [0.2, 0.25) is 0 Å². The predicted molar refractivity (Wildman–Crippen MR) is 35.1 cm³/mol. The van der Waals surface area contributed by atoms with E-state index in [1.165, 1.54) is 7.11 Å². The third-order valence-electron chi connectivity index (χ3n) is 0.864. The lowest BCUT2D eigenvalue weighted by Crippen LogP contribution is -2.34. The number of ether oxygens (including phenoxy) is 1. The molecule has 0 aliphatic carbocycles. The van der Waals surface area contributed by atoms with E-state index in [-0.39, 0.29) is 6.04 Å². The minimum atomic E-state index is -0.764. The van der Waals surface area contributed by atoms with Crippen molar-refractivity contribution in [1.29, 1.82) is 0 Å². The smallest absolute Gasteiger partial charge is 0.436 e. The van der Waals surface area contributed by atoms with Crippen molar-refractivity contribution in [2.45, 2.75) is 13.0 Å². The first-order valence-corrected chi connectivity index (χ1v) is 2.91. The quantitative estimate of drug-likeness (QED) is 0.421. The summed E-state index contributed by atoms with van der Waals surface area (Å²) in [6.45, 7) is 2.18. The second-order valence-corrected chi connectivity index (χ2v) is 1.81. The van der Waals surface area contributed by atoms with E-state index in [2.05, 4.69) is 15.1 Å². The molecule has 1 unspecified atom stereocenters. The summed E-state index contributed by atoms with van der Waals surface area (Å²) in [6, 6.07) is -0.0564. The molecule has 0 saturated carbocycles. The Labute approximate surface area is 59.4 Å². The highest BCUT2D eigenvalue weighted by atomic mass is 16.8. The van der Waals surface area contributed by atoms with E-state index < -0.39 is 6.16 Å². The van der Waals surface area contributed by atoms with Crippen LogP contribution in [0.1, 0.15) is 6.92 Å². The Morgan fingerprint density at radius 1 is 1.80 bits per heavy atom. The number of carbonyl (C=O) groups is 1. The SMILES string of the molecule is COC(=O)ONC(C)CN. The van der Waals surface area contributed by atoms with Crippen molar-refractivity contribution in [2.75, 3.05) is 13.7 Å².